The summed E-state index contributed by atoms with van der Waals surface area (Å²) in [6.07, 6.45) is 0. The van der Waals surface area contributed by atoms with Crippen molar-refractivity contribution in [3.05, 3.63) is 53.6 Å². The van der Waals surface area contributed by atoms with Crippen LogP contribution in [0.4, 0.5) is 5.69 Å². The Balaban J connectivity index is 1.72. The second kappa shape index (κ2) is 8.99. The van der Waals surface area contributed by atoms with Gasteiger partial charge in [0.05, 0.1) is 22.6 Å². The third-order valence-corrected chi connectivity index (χ3v) is 5.26. The number of ether oxygens (including phenoxy) is 1. The quantitative estimate of drug-likeness (QED) is 0.448. The molecular weight excluding hydrogens is 398 g/mol. The normalized spacial score (nSPS) is 11.8. The Morgan fingerprint density at radius 2 is 1.96 bits per heavy atom. The zero-order valence-corrected chi connectivity index (χ0v) is 17.0. The number of hydrogen-bond donors (Lipinski definition) is 2. The number of thioether (sulfide) groups is 1. The monoisotopic (exact) mass is 417 g/mol. The molecule has 0 aliphatic heterocycles. The number of amides is 1. The average Bonchev–Trinajstić information content (AvgIpc) is 3.04. The minimum atomic E-state index is -0.458. The van der Waals surface area contributed by atoms with Crippen LogP contribution in [0, 0.1) is 0 Å². The molecule has 0 unspecified atom stereocenters. The summed E-state index contributed by atoms with van der Waals surface area (Å²) in [4.78, 5) is 12.6. The van der Waals surface area contributed by atoms with E-state index < -0.39 is 5.25 Å². The van der Waals surface area contributed by atoms with E-state index in [0.717, 1.165) is 0 Å². The summed E-state index contributed by atoms with van der Waals surface area (Å²) in [5.74, 6) is 6.99. The second-order valence-electron chi connectivity index (χ2n) is 5.83. The fraction of sp³-hybridized carbons (Fsp3) is 0.211. The first kappa shape index (κ1) is 20.0. The number of anilines is 1. The maximum atomic E-state index is 12.6. The Labute approximate surface area is 172 Å². The maximum absolute atomic E-state index is 12.6. The van der Waals surface area contributed by atoms with E-state index in [4.69, 9.17) is 22.2 Å². The van der Waals surface area contributed by atoms with E-state index in [1.165, 1.54) is 16.4 Å². The standard InChI is InChI=1S/C19H20ClN5O2S/c1-3-27-16-11-7-6-10-15(16)22-18(26)12(2)28-19-24-23-17(25(19)21)13-8-4-5-9-14(13)20/h4-12H,3,21H2,1-2H3,(H,22,26)/t12-/m0/s1. The van der Waals surface area contributed by atoms with Gasteiger partial charge in [-0.25, -0.2) is 4.68 Å². The van der Waals surface area contributed by atoms with Gasteiger partial charge in [0.1, 0.15) is 5.75 Å². The van der Waals surface area contributed by atoms with Crippen LogP contribution < -0.4 is 15.9 Å². The van der Waals surface area contributed by atoms with Gasteiger partial charge in [0.2, 0.25) is 11.1 Å². The molecule has 28 heavy (non-hydrogen) atoms. The van der Waals surface area contributed by atoms with E-state index >= 15 is 0 Å². The minimum absolute atomic E-state index is 0.195. The number of halogens is 1. The number of nitrogens with zero attached hydrogens (tertiary/aromatic N) is 3. The van der Waals surface area contributed by atoms with Gasteiger partial charge in [0, 0.05) is 5.56 Å². The van der Waals surface area contributed by atoms with Crippen molar-refractivity contribution in [2.24, 2.45) is 0 Å². The number of nitrogen functional groups attached to an aromatic ring is 1. The van der Waals surface area contributed by atoms with E-state index in [2.05, 4.69) is 15.5 Å². The van der Waals surface area contributed by atoms with Crippen molar-refractivity contribution in [2.45, 2.75) is 24.3 Å². The Morgan fingerprint density at radius 3 is 2.71 bits per heavy atom. The van der Waals surface area contributed by atoms with Crippen molar-refractivity contribution in [1.29, 1.82) is 0 Å². The van der Waals surface area contributed by atoms with E-state index in [9.17, 15) is 4.79 Å². The van der Waals surface area contributed by atoms with Gasteiger partial charge < -0.3 is 15.9 Å². The van der Waals surface area contributed by atoms with Gasteiger partial charge in [-0.2, -0.15) is 0 Å². The molecule has 1 atom stereocenters. The molecule has 0 spiro atoms. The van der Waals surface area contributed by atoms with Crippen LogP contribution in [-0.4, -0.2) is 32.6 Å². The third-order valence-electron chi connectivity index (χ3n) is 3.88. The van der Waals surface area contributed by atoms with Crippen LogP contribution >= 0.6 is 23.4 Å². The number of carbonyl (C=O) groups is 1. The van der Waals surface area contributed by atoms with Crippen molar-refractivity contribution >= 4 is 35.0 Å². The number of rotatable bonds is 7. The number of benzene rings is 2. The van der Waals surface area contributed by atoms with Crippen molar-refractivity contribution in [2.75, 3.05) is 17.8 Å². The van der Waals surface area contributed by atoms with Crippen LogP contribution in [-0.2, 0) is 4.79 Å². The van der Waals surface area contributed by atoms with Gasteiger partial charge >= 0.3 is 0 Å². The summed E-state index contributed by atoms with van der Waals surface area (Å²) in [7, 11) is 0. The molecule has 0 saturated carbocycles. The number of carbonyl (C=O) groups excluding carboxylic acids is 1. The van der Waals surface area contributed by atoms with Crippen LogP contribution in [0.25, 0.3) is 11.4 Å². The fourth-order valence-corrected chi connectivity index (χ4v) is 3.47. The SMILES string of the molecule is CCOc1ccccc1NC(=O)[C@H](C)Sc1nnc(-c2ccccc2Cl)n1N. The lowest BCUT2D eigenvalue weighted by Crippen LogP contribution is -2.24. The molecule has 0 aliphatic rings. The first-order valence-electron chi connectivity index (χ1n) is 8.66. The van der Waals surface area contributed by atoms with Crippen LogP contribution in [0.2, 0.25) is 5.02 Å². The van der Waals surface area contributed by atoms with Crippen molar-refractivity contribution in [3.63, 3.8) is 0 Å². The molecular formula is C19H20ClN5O2S. The molecule has 0 bridgehead atoms. The molecule has 1 aromatic heterocycles. The molecule has 3 aromatic rings. The first-order chi connectivity index (χ1) is 13.5. The molecule has 1 amide bonds. The zero-order chi connectivity index (χ0) is 20.1. The zero-order valence-electron chi connectivity index (χ0n) is 15.4. The molecule has 0 saturated heterocycles. The van der Waals surface area contributed by atoms with Gasteiger partial charge in [-0.1, -0.05) is 47.6 Å². The lowest BCUT2D eigenvalue weighted by Gasteiger charge is -2.14. The highest BCUT2D eigenvalue weighted by molar-refractivity contribution is 8.00. The molecule has 146 valence electrons. The molecule has 3 rings (SSSR count). The minimum Gasteiger partial charge on any atom is -0.492 e. The molecule has 1 heterocycles. The van der Waals surface area contributed by atoms with Crippen LogP contribution in [0.5, 0.6) is 5.75 Å². The summed E-state index contributed by atoms with van der Waals surface area (Å²) in [5, 5.41) is 11.6. The van der Waals surface area contributed by atoms with E-state index in [1.54, 1.807) is 19.1 Å². The predicted octanol–water partition coefficient (Wildman–Crippen LogP) is 3.83. The number of para-hydroxylation sites is 2. The third kappa shape index (κ3) is 4.40. The Morgan fingerprint density at radius 1 is 1.25 bits per heavy atom. The Kier molecular flexibility index (Phi) is 6.43. The van der Waals surface area contributed by atoms with Crippen LogP contribution in [0.1, 0.15) is 13.8 Å². The summed E-state index contributed by atoms with van der Waals surface area (Å²) < 4.78 is 6.88. The Hall–Kier alpha value is -2.71. The van der Waals surface area contributed by atoms with Gasteiger partial charge in [-0.15, -0.1) is 10.2 Å². The Bertz CT molecular complexity index is 978. The van der Waals surface area contributed by atoms with Crippen molar-refractivity contribution in [1.82, 2.24) is 14.9 Å². The summed E-state index contributed by atoms with van der Waals surface area (Å²) >= 11 is 7.41. The maximum Gasteiger partial charge on any atom is 0.237 e. The van der Waals surface area contributed by atoms with Gasteiger partial charge in [0.25, 0.3) is 0 Å². The van der Waals surface area contributed by atoms with Gasteiger partial charge in [0.15, 0.2) is 5.82 Å². The number of aromatic nitrogens is 3. The highest BCUT2D eigenvalue weighted by atomic mass is 35.5. The van der Waals surface area contributed by atoms with Crippen molar-refractivity contribution < 1.29 is 9.53 Å². The smallest absolute Gasteiger partial charge is 0.237 e. The van der Waals surface area contributed by atoms with E-state index in [-0.39, 0.29) is 5.91 Å². The van der Waals surface area contributed by atoms with Crippen molar-refractivity contribution in [3.8, 4) is 17.1 Å². The fourth-order valence-electron chi connectivity index (χ4n) is 2.48. The largest absolute Gasteiger partial charge is 0.492 e. The predicted molar refractivity (Wildman–Crippen MR) is 112 cm³/mol. The average molecular weight is 418 g/mol. The number of nitrogens with two attached hydrogens (primary N) is 1. The first-order valence-corrected chi connectivity index (χ1v) is 9.91. The number of hydrogen-bond acceptors (Lipinski definition) is 6. The molecule has 2 aromatic carbocycles. The summed E-state index contributed by atoms with van der Waals surface area (Å²) in [5.41, 5.74) is 1.29. The van der Waals surface area contributed by atoms with Crippen LogP contribution in [0.3, 0.4) is 0 Å². The molecule has 0 radical (unpaired) electrons. The number of nitrogens with one attached hydrogen (secondary N) is 1. The molecule has 0 aliphatic carbocycles. The molecule has 7 nitrogen and oxygen atoms in total. The molecule has 3 N–H and O–H groups in total. The molecule has 9 heteroatoms. The summed E-state index contributed by atoms with van der Waals surface area (Å²) in [6, 6.07) is 14.5. The van der Waals surface area contributed by atoms with E-state index in [0.29, 0.717) is 39.6 Å². The lowest BCUT2D eigenvalue weighted by molar-refractivity contribution is -0.115. The topological polar surface area (TPSA) is 95.1 Å². The van der Waals surface area contributed by atoms with Gasteiger partial charge in [-0.05, 0) is 38.1 Å². The summed E-state index contributed by atoms with van der Waals surface area (Å²) in [6.45, 7) is 4.17. The second-order valence-corrected chi connectivity index (χ2v) is 7.55. The highest BCUT2D eigenvalue weighted by Gasteiger charge is 2.21. The highest BCUT2D eigenvalue weighted by Crippen LogP contribution is 2.30. The van der Waals surface area contributed by atoms with Gasteiger partial charge in [-0.3, -0.25) is 4.79 Å². The molecule has 0 fully saturated rings. The van der Waals surface area contributed by atoms with E-state index in [1.807, 2.05) is 43.3 Å². The van der Waals surface area contributed by atoms with Crippen LogP contribution in [0.15, 0.2) is 53.7 Å². The lowest BCUT2D eigenvalue weighted by atomic mass is 10.2.